The minimum atomic E-state index is 0.638. The maximum absolute atomic E-state index is 5.38. The Morgan fingerprint density at radius 3 is 3.09 bits per heavy atom. The molecule has 1 fully saturated rings. The average molecular weight is 333 g/mol. The summed E-state index contributed by atoms with van der Waals surface area (Å²) < 4.78 is 5.38. The van der Waals surface area contributed by atoms with Crippen molar-refractivity contribution in [3.8, 4) is 5.19 Å². The molecule has 0 saturated carbocycles. The van der Waals surface area contributed by atoms with Gasteiger partial charge in [0.25, 0.3) is 5.19 Å². The summed E-state index contributed by atoms with van der Waals surface area (Å²) >= 11 is 1.55. The third-order valence-electron chi connectivity index (χ3n) is 3.93. The zero-order valence-corrected chi connectivity index (χ0v) is 14.5. The number of anilines is 1. The second-order valence-electron chi connectivity index (χ2n) is 5.89. The number of nitrogens with one attached hydrogen (secondary N) is 1. The van der Waals surface area contributed by atoms with Gasteiger partial charge >= 0.3 is 0 Å². The van der Waals surface area contributed by atoms with E-state index < -0.39 is 0 Å². The van der Waals surface area contributed by atoms with Crippen molar-refractivity contribution in [1.82, 2.24) is 20.1 Å². The van der Waals surface area contributed by atoms with Crippen LogP contribution in [0.15, 0.2) is 18.3 Å². The lowest BCUT2D eigenvalue weighted by molar-refractivity contribution is 0.317. The van der Waals surface area contributed by atoms with Crippen LogP contribution in [0.5, 0.6) is 5.19 Å². The van der Waals surface area contributed by atoms with Crippen LogP contribution in [0.3, 0.4) is 0 Å². The minimum absolute atomic E-state index is 0.638. The summed E-state index contributed by atoms with van der Waals surface area (Å²) in [6, 6.07) is 4.13. The Morgan fingerprint density at radius 1 is 1.39 bits per heavy atom. The fourth-order valence-electron chi connectivity index (χ4n) is 2.72. The van der Waals surface area contributed by atoms with Crippen LogP contribution in [0.4, 0.5) is 5.82 Å². The van der Waals surface area contributed by atoms with E-state index in [-0.39, 0.29) is 0 Å². The van der Waals surface area contributed by atoms with Crippen molar-refractivity contribution in [2.45, 2.75) is 26.8 Å². The third kappa shape index (κ3) is 4.62. The molecule has 1 aliphatic heterocycles. The summed E-state index contributed by atoms with van der Waals surface area (Å²) in [4.78, 5) is 6.83. The van der Waals surface area contributed by atoms with Crippen molar-refractivity contribution in [2.75, 3.05) is 31.6 Å². The van der Waals surface area contributed by atoms with E-state index in [1.165, 1.54) is 12.0 Å². The van der Waals surface area contributed by atoms with Gasteiger partial charge in [-0.25, -0.2) is 4.98 Å². The SMILES string of the molecule is CCOc1nnc(CN2CC[C@@H](CNc3ccc(C)cn3)C2)s1. The van der Waals surface area contributed by atoms with Crippen molar-refractivity contribution in [3.05, 3.63) is 28.9 Å². The second-order valence-corrected chi connectivity index (χ2v) is 6.91. The highest BCUT2D eigenvalue weighted by atomic mass is 32.1. The molecule has 0 radical (unpaired) electrons. The summed E-state index contributed by atoms with van der Waals surface area (Å²) in [7, 11) is 0. The molecule has 1 atom stereocenters. The molecule has 6 nitrogen and oxygen atoms in total. The molecule has 0 spiro atoms. The van der Waals surface area contributed by atoms with E-state index in [0.717, 1.165) is 37.0 Å². The van der Waals surface area contributed by atoms with Crippen LogP contribution in [0.25, 0.3) is 0 Å². The van der Waals surface area contributed by atoms with Crippen molar-refractivity contribution in [2.24, 2.45) is 5.92 Å². The Bertz CT molecular complexity index is 615. The fourth-order valence-corrected chi connectivity index (χ4v) is 3.51. The first kappa shape index (κ1) is 16.1. The summed E-state index contributed by atoms with van der Waals surface area (Å²) in [5.74, 6) is 1.61. The first-order valence-electron chi connectivity index (χ1n) is 8.07. The normalized spacial score (nSPS) is 18.3. The molecule has 124 valence electrons. The predicted molar refractivity (Wildman–Crippen MR) is 91.9 cm³/mol. The highest BCUT2D eigenvalue weighted by Gasteiger charge is 2.23. The summed E-state index contributed by atoms with van der Waals surface area (Å²) in [6.07, 6.45) is 3.10. The smallest absolute Gasteiger partial charge is 0.294 e. The van der Waals surface area contributed by atoms with Gasteiger partial charge in [0.15, 0.2) is 0 Å². The molecule has 1 saturated heterocycles. The molecule has 0 amide bonds. The molecule has 3 rings (SSSR count). The third-order valence-corrected chi connectivity index (χ3v) is 4.75. The first-order chi connectivity index (χ1) is 11.2. The van der Waals surface area contributed by atoms with Crippen LogP contribution < -0.4 is 10.1 Å². The molecule has 23 heavy (non-hydrogen) atoms. The molecular weight excluding hydrogens is 310 g/mol. The quantitative estimate of drug-likeness (QED) is 0.840. The summed E-state index contributed by atoms with van der Waals surface area (Å²) in [5.41, 5.74) is 1.19. The van der Waals surface area contributed by atoms with Gasteiger partial charge in [-0.15, -0.1) is 10.2 Å². The maximum atomic E-state index is 5.38. The van der Waals surface area contributed by atoms with Gasteiger partial charge in [-0.1, -0.05) is 17.4 Å². The van der Waals surface area contributed by atoms with E-state index in [9.17, 15) is 0 Å². The van der Waals surface area contributed by atoms with E-state index >= 15 is 0 Å². The van der Waals surface area contributed by atoms with Crippen molar-refractivity contribution in [1.29, 1.82) is 0 Å². The lowest BCUT2D eigenvalue weighted by atomic mass is 10.1. The Balaban J connectivity index is 1.43. The Kier molecular flexibility index (Phi) is 5.40. The molecule has 2 aromatic rings. The largest absolute Gasteiger partial charge is 0.469 e. The molecule has 7 heteroatoms. The van der Waals surface area contributed by atoms with Crippen molar-refractivity contribution in [3.63, 3.8) is 0 Å². The lowest BCUT2D eigenvalue weighted by Crippen LogP contribution is -2.22. The lowest BCUT2D eigenvalue weighted by Gasteiger charge is -2.14. The molecular formula is C16H23N5OS. The zero-order valence-electron chi connectivity index (χ0n) is 13.7. The van der Waals surface area contributed by atoms with E-state index in [0.29, 0.717) is 17.7 Å². The van der Waals surface area contributed by atoms with E-state index in [2.05, 4.69) is 38.4 Å². The van der Waals surface area contributed by atoms with Crippen molar-refractivity contribution >= 4 is 17.2 Å². The molecule has 0 aromatic carbocycles. The number of pyridine rings is 1. The number of aryl methyl sites for hydroxylation is 1. The second kappa shape index (κ2) is 7.70. The number of rotatable bonds is 7. The van der Waals surface area contributed by atoms with Crippen LogP contribution >= 0.6 is 11.3 Å². The number of hydrogen-bond donors (Lipinski definition) is 1. The van der Waals surface area contributed by atoms with Gasteiger partial charge in [0.05, 0.1) is 13.2 Å². The topological polar surface area (TPSA) is 63.2 Å². The maximum Gasteiger partial charge on any atom is 0.294 e. The van der Waals surface area contributed by atoms with Crippen LogP contribution in [0.2, 0.25) is 0 Å². The number of likely N-dealkylation sites (tertiary alicyclic amines) is 1. The van der Waals surface area contributed by atoms with Gasteiger partial charge < -0.3 is 10.1 Å². The van der Waals surface area contributed by atoms with E-state index in [1.807, 2.05) is 19.2 Å². The first-order valence-corrected chi connectivity index (χ1v) is 8.88. The number of aromatic nitrogens is 3. The van der Waals surface area contributed by atoms with E-state index in [4.69, 9.17) is 4.74 Å². The number of hydrogen-bond acceptors (Lipinski definition) is 7. The van der Waals surface area contributed by atoms with Gasteiger partial charge in [0.2, 0.25) is 0 Å². The van der Waals surface area contributed by atoms with Crippen LogP contribution in [-0.4, -0.2) is 46.3 Å². The number of nitrogens with zero attached hydrogens (tertiary/aromatic N) is 4. The standard InChI is InChI=1S/C16H23N5OS/c1-3-22-16-20-19-15(23-16)11-21-7-6-13(10-21)9-18-14-5-4-12(2)8-17-14/h4-5,8,13H,3,6-7,9-11H2,1-2H3,(H,17,18)/t13-/m0/s1. The summed E-state index contributed by atoms with van der Waals surface area (Å²) in [6.45, 7) is 8.67. The molecule has 1 aliphatic rings. The van der Waals surface area contributed by atoms with Gasteiger partial charge in [0.1, 0.15) is 10.8 Å². The average Bonchev–Trinajstić information content (AvgIpc) is 3.17. The van der Waals surface area contributed by atoms with Gasteiger partial charge in [-0.05, 0) is 44.4 Å². The van der Waals surface area contributed by atoms with Gasteiger partial charge in [-0.2, -0.15) is 0 Å². The molecule has 0 aliphatic carbocycles. The van der Waals surface area contributed by atoms with Gasteiger partial charge in [-0.3, -0.25) is 4.90 Å². The van der Waals surface area contributed by atoms with Crippen LogP contribution in [0.1, 0.15) is 23.9 Å². The summed E-state index contributed by atoms with van der Waals surface area (Å²) in [5, 5.41) is 13.4. The molecule has 0 bridgehead atoms. The Hall–Kier alpha value is -1.73. The predicted octanol–water partition coefficient (Wildman–Crippen LogP) is 2.57. The van der Waals surface area contributed by atoms with E-state index in [1.54, 1.807) is 11.3 Å². The van der Waals surface area contributed by atoms with Crippen LogP contribution in [-0.2, 0) is 6.54 Å². The number of ether oxygens (including phenoxy) is 1. The minimum Gasteiger partial charge on any atom is -0.469 e. The Labute approximate surface area is 140 Å². The van der Waals surface area contributed by atoms with Gasteiger partial charge in [0, 0.05) is 19.3 Å². The molecule has 0 unspecified atom stereocenters. The molecule has 2 aromatic heterocycles. The fraction of sp³-hybridized carbons (Fsp3) is 0.562. The van der Waals surface area contributed by atoms with Crippen LogP contribution in [0, 0.1) is 12.8 Å². The molecule has 3 heterocycles. The highest BCUT2D eigenvalue weighted by molar-refractivity contribution is 7.13. The zero-order chi connectivity index (χ0) is 16.1. The molecule has 1 N–H and O–H groups in total. The monoisotopic (exact) mass is 333 g/mol. The highest BCUT2D eigenvalue weighted by Crippen LogP contribution is 2.23. The Morgan fingerprint density at radius 2 is 2.30 bits per heavy atom. The van der Waals surface area contributed by atoms with Crippen molar-refractivity contribution < 1.29 is 4.74 Å².